The van der Waals surface area contributed by atoms with Crippen molar-refractivity contribution < 1.29 is 0 Å². The predicted octanol–water partition coefficient (Wildman–Crippen LogP) is 2.07. The van der Waals surface area contributed by atoms with Crippen molar-refractivity contribution in [3.05, 3.63) is 0 Å². The highest BCUT2D eigenvalue weighted by molar-refractivity contribution is 4.70. The Kier molecular flexibility index (Phi) is 11.1. The lowest BCUT2D eigenvalue weighted by molar-refractivity contribution is 0.139. The van der Waals surface area contributed by atoms with Crippen molar-refractivity contribution in [1.82, 2.24) is 19.6 Å². The lowest BCUT2D eigenvalue weighted by atomic mass is 10.3. The molecule has 1 aliphatic heterocycles. The van der Waals surface area contributed by atoms with Crippen LogP contribution < -0.4 is 0 Å². The monoisotopic (exact) mass is 312 g/mol. The summed E-state index contributed by atoms with van der Waals surface area (Å²) in [5.41, 5.74) is 0. The molecule has 1 rings (SSSR count). The summed E-state index contributed by atoms with van der Waals surface area (Å²) < 4.78 is 0. The van der Waals surface area contributed by atoms with Gasteiger partial charge in [0.15, 0.2) is 0 Å². The highest BCUT2D eigenvalue weighted by Gasteiger charge is 2.14. The summed E-state index contributed by atoms with van der Waals surface area (Å²) in [6, 6.07) is 0. The van der Waals surface area contributed by atoms with Crippen molar-refractivity contribution in [2.75, 3.05) is 78.5 Å². The SMILES string of the molecule is CCCCN1CCN(CC)CCN(CC)CCN(CC)CC1. The fraction of sp³-hybridized carbons (Fsp3) is 1.00. The second-order valence-electron chi connectivity index (χ2n) is 6.50. The third-order valence-corrected chi connectivity index (χ3v) is 5.10. The minimum absolute atomic E-state index is 1.18. The van der Waals surface area contributed by atoms with Crippen molar-refractivity contribution in [3.8, 4) is 0 Å². The van der Waals surface area contributed by atoms with E-state index < -0.39 is 0 Å². The van der Waals surface area contributed by atoms with E-state index in [1.165, 1.54) is 91.4 Å². The summed E-state index contributed by atoms with van der Waals surface area (Å²) in [5.74, 6) is 0. The van der Waals surface area contributed by atoms with E-state index in [-0.39, 0.29) is 0 Å². The molecule has 0 bridgehead atoms. The molecule has 0 radical (unpaired) electrons. The van der Waals surface area contributed by atoms with Crippen molar-refractivity contribution in [2.24, 2.45) is 0 Å². The quantitative estimate of drug-likeness (QED) is 0.744. The molecule has 22 heavy (non-hydrogen) atoms. The fourth-order valence-corrected chi connectivity index (χ4v) is 3.13. The number of unbranched alkanes of at least 4 members (excludes halogenated alkanes) is 1. The van der Waals surface area contributed by atoms with E-state index in [0.29, 0.717) is 0 Å². The standard InChI is InChI=1S/C18H40N4/c1-5-9-10-22-17-15-20(7-3)13-11-19(6-2)12-14-21(8-4)16-18-22/h5-18H2,1-4H3. The van der Waals surface area contributed by atoms with E-state index in [1.54, 1.807) is 0 Å². The molecule has 1 fully saturated rings. The van der Waals surface area contributed by atoms with Gasteiger partial charge in [-0.1, -0.05) is 34.1 Å². The molecule has 0 unspecified atom stereocenters. The van der Waals surface area contributed by atoms with Crippen molar-refractivity contribution in [2.45, 2.75) is 40.5 Å². The van der Waals surface area contributed by atoms with Crippen molar-refractivity contribution in [1.29, 1.82) is 0 Å². The van der Waals surface area contributed by atoms with Gasteiger partial charge in [-0.05, 0) is 32.6 Å². The Balaban J connectivity index is 2.60. The highest BCUT2D eigenvalue weighted by atomic mass is 15.3. The van der Waals surface area contributed by atoms with Gasteiger partial charge in [-0.25, -0.2) is 0 Å². The molecule has 0 amide bonds. The fourth-order valence-electron chi connectivity index (χ4n) is 3.13. The van der Waals surface area contributed by atoms with Gasteiger partial charge in [0.25, 0.3) is 0 Å². The molecular weight excluding hydrogens is 272 g/mol. The van der Waals surface area contributed by atoms with Crippen molar-refractivity contribution in [3.63, 3.8) is 0 Å². The molecule has 0 aromatic heterocycles. The zero-order valence-electron chi connectivity index (χ0n) is 15.7. The molecule has 0 aromatic rings. The van der Waals surface area contributed by atoms with E-state index in [4.69, 9.17) is 0 Å². The third kappa shape index (κ3) is 7.91. The molecule has 0 saturated carbocycles. The molecular formula is C18H40N4. The molecule has 1 heterocycles. The van der Waals surface area contributed by atoms with Crippen LogP contribution in [0.4, 0.5) is 0 Å². The zero-order valence-corrected chi connectivity index (χ0v) is 15.7. The maximum Gasteiger partial charge on any atom is 0.0110 e. The molecule has 0 aliphatic carbocycles. The maximum absolute atomic E-state index is 2.69. The number of hydrogen-bond donors (Lipinski definition) is 0. The van der Waals surface area contributed by atoms with Gasteiger partial charge < -0.3 is 19.6 Å². The Labute approximate surface area is 139 Å². The average molecular weight is 313 g/mol. The van der Waals surface area contributed by atoms with Crippen LogP contribution in [0.15, 0.2) is 0 Å². The molecule has 0 atom stereocenters. The third-order valence-electron chi connectivity index (χ3n) is 5.10. The summed E-state index contributed by atoms with van der Waals surface area (Å²) in [6.45, 7) is 23.8. The van der Waals surface area contributed by atoms with Crippen molar-refractivity contribution >= 4 is 0 Å². The van der Waals surface area contributed by atoms with Gasteiger partial charge in [0, 0.05) is 52.4 Å². The van der Waals surface area contributed by atoms with Crippen LogP contribution in [0.2, 0.25) is 0 Å². The van der Waals surface area contributed by atoms with Gasteiger partial charge in [0.2, 0.25) is 0 Å². The second kappa shape index (κ2) is 12.3. The average Bonchev–Trinajstić information content (AvgIpc) is 2.54. The highest BCUT2D eigenvalue weighted by Crippen LogP contribution is 2.02. The van der Waals surface area contributed by atoms with Crippen LogP contribution in [0, 0.1) is 0 Å². The molecule has 0 aromatic carbocycles. The topological polar surface area (TPSA) is 13.0 Å². The van der Waals surface area contributed by atoms with Crippen LogP contribution in [-0.4, -0.2) is 98.1 Å². The smallest absolute Gasteiger partial charge is 0.0110 e. The minimum Gasteiger partial charge on any atom is -0.301 e. The lowest BCUT2D eigenvalue weighted by Gasteiger charge is -2.33. The Morgan fingerprint density at radius 1 is 0.500 bits per heavy atom. The lowest BCUT2D eigenvalue weighted by Crippen LogP contribution is -2.46. The molecule has 0 N–H and O–H groups in total. The van der Waals surface area contributed by atoms with Crippen LogP contribution >= 0.6 is 0 Å². The van der Waals surface area contributed by atoms with E-state index >= 15 is 0 Å². The normalized spacial score (nSPS) is 22.4. The number of rotatable bonds is 6. The molecule has 4 heteroatoms. The van der Waals surface area contributed by atoms with Crippen LogP contribution in [0.25, 0.3) is 0 Å². The first-order chi connectivity index (χ1) is 10.7. The first kappa shape index (κ1) is 19.9. The van der Waals surface area contributed by atoms with Gasteiger partial charge in [0.05, 0.1) is 0 Å². The maximum atomic E-state index is 2.69. The van der Waals surface area contributed by atoms with Crippen LogP contribution in [-0.2, 0) is 0 Å². The minimum atomic E-state index is 1.18. The summed E-state index contributed by atoms with van der Waals surface area (Å²) in [7, 11) is 0. The van der Waals surface area contributed by atoms with Crippen LogP contribution in [0.1, 0.15) is 40.5 Å². The molecule has 0 spiro atoms. The van der Waals surface area contributed by atoms with E-state index in [0.717, 1.165) is 0 Å². The number of hydrogen-bond acceptors (Lipinski definition) is 4. The Morgan fingerprint density at radius 2 is 0.818 bits per heavy atom. The van der Waals surface area contributed by atoms with Gasteiger partial charge in [0.1, 0.15) is 0 Å². The summed E-state index contributed by atoms with van der Waals surface area (Å²) in [5, 5.41) is 0. The molecule has 1 aliphatic rings. The van der Waals surface area contributed by atoms with Gasteiger partial charge in [-0.2, -0.15) is 0 Å². The number of likely N-dealkylation sites (N-methyl/N-ethyl adjacent to an activating group) is 3. The van der Waals surface area contributed by atoms with Crippen LogP contribution in [0.3, 0.4) is 0 Å². The van der Waals surface area contributed by atoms with E-state index in [2.05, 4.69) is 47.3 Å². The van der Waals surface area contributed by atoms with Crippen LogP contribution in [0.5, 0.6) is 0 Å². The largest absolute Gasteiger partial charge is 0.301 e. The van der Waals surface area contributed by atoms with Gasteiger partial charge in [-0.3, -0.25) is 0 Å². The van der Waals surface area contributed by atoms with Gasteiger partial charge >= 0.3 is 0 Å². The van der Waals surface area contributed by atoms with Gasteiger partial charge in [-0.15, -0.1) is 0 Å². The number of nitrogens with zero attached hydrogens (tertiary/aromatic N) is 4. The predicted molar refractivity (Wildman–Crippen MR) is 97.7 cm³/mol. The Hall–Kier alpha value is -0.160. The second-order valence-corrected chi connectivity index (χ2v) is 6.50. The summed E-state index contributed by atoms with van der Waals surface area (Å²) in [6.07, 6.45) is 2.64. The Bertz CT molecular complexity index is 239. The first-order valence-electron chi connectivity index (χ1n) is 9.62. The summed E-state index contributed by atoms with van der Waals surface area (Å²) in [4.78, 5) is 10.6. The van der Waals surface area contributed by atoms with E-state index in [9.17, 15) is 0 Å². The summed E-state index contributed by atoms with van der Waals surface area (Å²) >= 11 is 0. The first-order valence-corrected chi connectivity index (χ1v) is 9.62. The molecule has 4 nitrogen and oxygen atoms in total. The molecule has 1 saturated heterocycles. The Morgan fingerprint density at radius 3 is 1.09 bits per heavy atom. The zero-order chi connectivity index (χ0) is 16.2. The molecule has 132 valence electrons. The van der Waals surface area contributed by atoms with E-state index in [1.807, 2.05) is 0 Å².